The molecule has 3 aromatic rings. The second-order valence-electron chi connectivity index (χ2n) is 6.79. The van der Waals surface area contributed by atoms with Gasteiger partial charge in [0.15, 0.2) is 10.9 Å². The molecule has 0 saturated heterocycles. The molecule has 0 fully saturated rings. The second-order valence-corrected chi connectivity index (χ2v) is 8.88. The maximum Gasteiger partial charge on any atom is 0.338 e. The molecule has 3 rings (SSSR count). The summed E-state index contributed by atoms with van der Waals surface area (Å²) in [5.74, 6) is -0.261. The lowest BCUT2D eigenvalue weighted by Crippen LogP contribution is -2.19. The number of anilines is 3. The molecule has 1 heterocycles. The minimum Gasteiger partial charge on any atom is -0.481 e. The number of aromatic nitrogens is 2. The molecule has 2 aromatic carbocycles. The summed E-state index contributed by atoms with van der Waals surface area (Å²) in [6.07, 6.45) is 0. The molecule has 0 radical (unpaired) electrons. The highest BCUT2D eigenvalue weighted by Gasteiger charge is 2.17. The van der Waals surface area contributed by atoms with E-state index in [9.17, 15) is 13.2 Å². The van der Waals surface area contributed by atoms with Crippen molar-refractivity contribution in [1.29, 1.82) is 0 Å². The van der Waals surface area contributed by atoms with Gasteiger partial charge in [-0.05, 0) is 67.7 Å². The van der Waals surface area contributed by atoms with Crippen LogP contribution in [0.3, 0.4) is 0 Å². The molecule has 0 spiro atoms. The van der Waals surface area contributed by atoms with E-state index < -0.39 is 16.0 Å². The highest BCUT2D eigenvalue weighted by atomic mass is 32.2. The van der Waals surface area contributed by atoms with Crippen LogP contribution in [0.25, 0.3) is 0 Å². The van der Waals surface area contributed by atoms with Crippen LogP contribution in [0, 0.1) is 0 Å². The van der Waals surface area contributed by atoms with E-state index in [1.165, 1.54) is 32.4 Å². The van der Waals surface area contributed by atoms with Crippen LogP contribution in [0.2, 0.25) is 0 Å². The number of methoxy groups -OCH3 is 2. The number of carbonyl (C=O) groups excluding carboxylic acids is 1. The van der Waals surface area contributed by atoms with Gasteiger partial charge in [-0.15, -0.1) is 0 Å². The van der Waals surface area contributed by atoms with Crippen molar-refractivity contribution in [2.24, 2.45) is 0 Å². The number of thiocarbonyl (C=S) groups is 1. The van der Waals surface area contributed by atoms with Gasteiger partial charge >= 0.3 is 12.0 Å². The molecule has 0 saturated carbocycles. The SMILES string of the molecule is CCOC(=O)c1ccc(NC(=S)Nc2ccc(S(=O)(=O)Nc3cc(OC)nc(OC)n3)cc2)cc1. The fourth-order valence-corrected chi connectivity index (χ4v) is 3.99. The molecule has 0 aliphatic carbocycles. The van der Waals surface area contributed by atoms with Crippen molar-refractivity contribution in [3.05, 3.63) is 60.2 Å². The molecular weight excluding hydrogens is 494 g/mol. The van der Waals surface area contributed by atoms with Crippen LogP contribution in [0.15, 0.2) is 59.5 Å². The highest BCUT2D eigenvalue weighted by molar-refractivity contribution is 7.92. The van der Waals surface area contributed by atoms with E-state index in [1.54, 1.807) is 43.3 Å². The van der Waals surface area contributed by atoms with Crippen molar-refractivity contribution in [3.63, 3.8) is 0 Å². The first-order chi connectivity index (χ1) is 16.7. The number of rotatable bonds is 9. The molecule has 0 atom stereocenters. The van der Waals surface area contributed by atoms with Crippen molar-refractivity contribution in [2.45, 2.75) is 11.8 Å². The average molecular weight is 518 g/mol. The largest absolute Gasteiger partial charge is 0.481 e. The number of benzene rings is 2. The van der Waals surface area contributed by atoms with Crippen LogP contribution in [0.5, 0.6) is 11.9 Å². The van der Waals surface area contributed by atoms with Gasteiger partial charge in [-0.2, -0.15) is 9.97 Å². The van der Waals surface area contributed by atoms with Crippen LogP contribution >= 0.6 is 12.2 Å². The van der Waals surface area contributed by atoms with Gasteiger partial charge in [0, 0.05) is 17.4 Å². The number of sulfonamides is 1. The Labute approximate surface area is 207 Å². The predicted octanol–water partition coefficient (Wildman–Crippen LogP) is 3.28. The van der Waals surface area contributed by atoms with Crippen molar-refractivity contribution in [2.75, 3.05) is 36.2 Å². The zero-order chi connectivity index (χ0) is 25.4. The number of hydrogen-bond acceptors (Lipinski definition) is 9. The Bertz CT molecular complexity index is 1280. The summed E-state index contributed by atoms with van der Waals surface area (Å²) in [5, 5.41) is 6.23. The maximum atomic E-state index is 12.7. The van der Waals surface area contributed by atoms with Crippen LogP contribution in [0.4, 0.5) is 17.2 Å². The molecular formula is C22H23N5O6S2. The van der Waals surface area contributed by atoms with Crippen LogP contribution in [0.1, 0.15) is 17.3 Å². The fraction of sp³-hybridized carbons (Fsp3) is 0.182. The highest BCUT2D eigenvalue weighted by Crippen LogP contribution is 2.22. The fourth-order valence-electron chi connectivity index (χ4n) is 2.76. The third kappa shape index (κ3) is 7.01. The van der Waals surface area contributed by atoms with Gasteiger partial charge in [0.05, 0.1) is 31.3 Å². The van der Waals surface area contributed by atoms with Crippen molar-refractivity contribution >= 4 is 50.5 Å². The quantitative estimate of drug-likeness (QED) is 0.284. The summed E-state index contributed by atoms with van der Waals surface area (Å²) < 4.78 is 42.8. The van der Waals surface area contributed by atoms with Gasteiger partial charge in [-0.3, -0.25) is 4.72 Å². The Morgan fingerprint density at radius 2 is 1.54 bits per heavy atom. The zero-order valence-electron chi connectivity index (χ0n) is 19.1. The summed E-state index contributed by atoms with van der Waals surface area (Å²) in [6, 6.07) is 13.9. The maximum absolute atomic E-state index is 12.7. The van der Waals surface area contributed by atoms with Gasteiger partial charge in [0.2, 0.25) is 5.88 Å². The van der Waals surface area contributed by atoms with Crippen molar-refractivity contribution < 1.29 is 27.4 Å². The molecule has 0 aliphatic rings. The van der Waals surface area contributed by atoms with Crippen molar-refractivity contribution in [1.82, 2.24) is 9.97 Å². The van der Waals surface area contributed by atoms with E-state index in [4.69, 9.17) is 26.4 Å². The lowest BCUT2D eigenvalue weighted by atomic mass is 10.2. The minimum absolute atomic E-state index is 0.00439. The molecule has 3 N–H and O–H groups in total. The van der Waals surface area contributed by atoms with Crippen LogP contribution in [-0.2, 0) is 14.8 Å². The number of esters is 1. The first-order valence-electron chi connectivity index (χ1n) is 10.2. The first kappa shape index (κ1) is 25.6. The van der Waals surface area contributed by atoms with E-state index in [-0.39, 0.29) is 27.7 Å². The van der Waals surface area contributed by atoms with E-state index in [2.05, 4.69) is 25.3 Å². The molecule has 0 amide bonds. The molecule has 0 aliphatic heterocycles. The molecule has 1 aromatic heterocycles. The molecule has 11 nitrogen and oxygen atoms in total. The lowest BCUT2D eigenvalue weighted by molar-refractivity contribution is 0.0526. The molecule has 13 heteroatoms. The summed E-state index contributed by atoms with van der Waals surface area (Å²) in [5.41, 5.74) is 1.66. The molecule has 0 bridgehead atoms. The Hall–Kier alpha value is -3.97. The Balaban J connectivity index is 1.63. The molecule has 0 unspecified atom stereocenters. The summed E-state index contributed by atoms with van der Waals surface area (Å²) in [4.78, 5) is 19.6. The first-order valence-corrected chi connectivity index (χ1v) is 12.1. The van der Waals surface area contributed by atoms with Gasteiger partial charge in [0.1, 0.15) is 0 Å². The topological polar surface area (TPSA) is 141 Å². The number of ether oxygens (including phenoxy) is 3. The van der Waals surface area contributed by atoms with Gasteiger partial charge < -0.3 is 24.8 Å². The summed E-state index contributed by atoms with van der Waals surface area (Å²) in [7, 11) is -1.19. The van der Waals surface area contributed by atoms with E-state index in [0.29, 0.717) is 23.5 Å². The van der Waals surface area contributed by atoms with E-state index in [0.717, 1.165) is 0 Å². The van der Waals surface area contributed by atoms with Gasteiger partial charge in [0.25, 0.3) is 10.0 Å². The van der Waals surface area contributed by atoms with Crippen LogP contribution in [-0.4, -0.2) is 50.3 Å². The Kier molecular flexibility index (Phi) is 8.39. The number of nitrogens with zero attached hydrogens (tertiary/aromatic N) is 2. The molecule has 184 valence electrons. The number of nitrogens with one attached hydrogen (secondary N) is 3. The standard InChI is InChI=1S/C22H23N5O6S2/c1-4-33-20(28)14-5-7-15(8-6-14)23-22(34)24-16-9-11-17(12-10-16)35(29,30)27-18-13-19(31-2)26-21(25-18)32-3/h5-13H,4H2,1-3H3,(H2,23,24,34)(H,25,26,27). The van der Waals surface area contributed by atoms with Crippen molar-refractivity contribution in [3.8, 4) is 11.9 Å². The molecule has 35 heavy (non-hydrogen) atoms. The average Bonchev–Trinajstić information content (AvgIpc) is 2.84. The second kappa shape index (κ2) is 11.4. The van der Waals surface area contributed by atoms with E-state index in [1.807, 2.05) is 0 Å². The Morgan fingerprint density at radius 1 is 0.943 bits per heavy atom. The third-order valence-electron chi connectivity index (χ3n) is 4.39. The number of carbonyl (C=O) groups is 1. The number of hydrogen-bond donors (Lipinski definition) is 3. The normalized spacial score (nSPS) is 10.7. The monoisotopic (exact) mass is 517 g/mol. The van der Waals surface area contributed by atoms with E-state index >= 15 is 0 Å². The Morgan fingerprint density at radius 3 is 2.09 bits per heavy atom. The lowest BCUT2D eigenvalue weighted by Gasteiger charge is -2.12. The van der Waals surface area contributed by atoms with Gasteiger partial charge in [-0.25, -0.2) is 13.2 Å². The summed E-state index contributed by atoms with van der Waals surface area (Å²) >= 11 is 5.30. The smallest absolute Gasteiger partial charge is 0.338 e. The predicted molar refractivity (Wildman–Crippen MR) is 135 cm³/mol. The van der Waals surface area contributed by atoms with Crippen LogP contribution < -0.4 is 24.8 Å². The van der Waals surface area contributed by atoms with Gasteiger partial charge in [-0.1, -0.05) is 0 Å². The minimum atomic E-state index is -3.94. The third-order valence-corrected chi connectivity index (χ3v) is 5.96. The summed E-state index contributed by atoms with van der Waals surface area (Å²) in [6.45, 7) is 2.04. The zero-order valence-corrected chi connectivity index (χ0v) is 20.7.